The quantitative estimate of drug-likeness (QED) is 0.298. The van der Waals surface area contributed by atoms with Crippen molar-refractivity contribution >= 4 is 34.5 Å². The van der Waals surface area contributed by atoms with Crippen molar-refractivity contribution in [1.29, 1.82) is 0 Å². The molecule has 0 saturated carbocycles. The molecule has 0 atom stereocenters. The number of aromatic nitrogens is 2. The lowest BCUT2D eigenvalue weighted by Gasteiger charge is -2.11. The normalized spacial score (nSPS) is 17.1. The van der Waals surface area contributed by atoms with Gasteiger partial charge in [0, 0.05) is 34.6 Å². The van der Waals surface area contributed by atoms with Crippen molar-refractivity contribution in [3.63, 3.8) is 0 Å². The van der Waals surface area contributed by atoms with E-state index < -0.39 is 17.3 Å². The van der Waals surface area contributed by atoms with E-state index in [1.54, 1.807) is 18.5 Å². The highest BCUT2D eigenvalue weighted by Crippen LogP contribution is 2.30. The van der Waals surface area contributed by atoms with Gasteiger partial charge < -0.3 is 20.1 Å². The number of aliphatic carboxylic acids is 1. The number of ether oxygens (including phenoxy) is 1. The summed E-state index contributed by atoms with van der Waals surface area (Å²) < 4.78 is 5.71. The lowest BCUT2D eigenvalue weighted by atomic mass is 10.1. The summed E-state index contributed by atoms with van der Waals surface area (Å²) >= 11 is 0. The van der Waals surface area contributed by atoms with Crippen LogP contribution in [0.25, 0.3) is 17.1 Å². The highest BCUT2D eigenvalue weighted by Gasteiger charge is 2.36. The van der Waals surface area contributed by atoms with E-state index in [0.717, 1.165) is 36.1 Å². The van der Waals surface area contributed by atoms with Gasteiger partial charge in [-0.15, -0.1) is 0 Å². The van der Waals surface area contributed by atoms with Gasteiger partial charge in [0.1, 0.15) is 5.65 Å². The van der Waals surface area contributed by atoms with Crippen LogP contribution in [-0.4, -0.2) is 51.4 Å². The molecule has 1 aromatic carbocycles. The van der Waals surface area contributed by atoms with E-state index >= 15 is 0 Å². The number of H-pyrrole nitrogens is 1. The molecule has 2 aliphatic heterocycles. The number of carboxylic acids is 1. The standard InChI is InChI=1S/C27H24N4O4/c1-17-14-18(6-5-13-31-11-2-3-12-31)8-9-21(17)30-26-23(27(33)34)24(32)22(35-26)15-19-16-29-25-20(19)7-4-10-28-25/h4,7-10,14-16,30H,2-3,11-13H2,1H3,(H,28,29)(H,33,34)/b22-15-. The topological polar surface area (TPSA) is 108 Å². The summed E-state index contributed by atoms with van der Waals surface area (Å²) in [6.07, 6.45) is 7.34. The Morgan fingerprint density at radius 3 is 2.91 bits per heavy atom. The van der Waals surface area contributed by atoms with E-state index in [9.17, 15) is 14.7 Å². The van der Waals surface area contributed by atoms with Gasteiger partial charge in [-0.3, -0.25) is 9.69 Å². The summed E-state index contributed by atoms with van der Waals surface area (Å²) in [7, 11) is 0. The fourth-order valence-corrected chi connectivity index (χ4v) is 4.25. The number of pyridine rings is 1. The van der Waals surface area contributed by atoms with Crippen LogP contribution < -0.4 is 5.32 Å². The molecule has 2 aliphatic rings. The molecule has 1 saturated heterocycles. The number of benzene rings is 1. The van der Waals surface area contributed by atoms with Crippen molar-refractivity contribution < 1.29 is 19.4 Å². The van der Waals surface area contributed by atoms with Gasteiger partial charge in [-0.05, 0) is 74.8 Å². The molecule has 8 heteroatoms. The molecule has 35 heavy (non-hydrogen) atoms. The van der Waals surface area contributed by atoms with Gasteiger partial charge in [-0.25, -0.2) is 9.78 Å². The van der Waals surface area contributed by atoms with E-state index in [1.807, 2.05) is 31.2 Å². The third-order valence-electron chi connectivity index (χ3n) is 6.08. The maximum absolute atomic E-state index is 12.9. The maximum atomic E-state index is 12.9. The minimum Gasteiger partial charge on any atom is -0.477 e. The highest BCUT2D eigenvalue weighted by molar-refractivity contribution is 6.26. The number of hydrogen-bond acceptors (Lipinski definition) is 6. The molecule has 0 amide bonds. The summed E-state index contributed by atoms with van der Waals surface area (Å²) in [6, 6.07) is 9.23. The van der Waals surface area contributed by atoms with Crippen molar-refractivity contribution in [2.24, 2.45) is 0 Å². The molecule has 5 rings (SSSR count). The van der Waals surface area contributed by atoms with Crippen LogP contribution in [0.3, 0.4) is 0 Å². The number of ketones is 1. The largest absolute Gasteiger partial charge is 0.477 e. The molecule has 8 nitrogen and oxygen atoms in total. The number of rotatable bonds is 5. The number of aryl methyl sites for hydroxylation is 1. The molecule has 4 heterocycles. The molecule has 3 aromatic rings. The SMILES string of the molecule is Cc1cc(C#CCN2CCCC2)ccc1NC1=C(C(=O)O)C(=O)/C(=C/c2c[nH]c3ncccc23)O1. The Bertz CT molecular complexity index is 1450. The highest BCUT2D eigenvalue weighted by atomic mass is 16.5. The number of nitrogens with one attached hydrogen (secondary N) is 2. The van der Waals surface area contributed by atoms with Crippen molar-refractivity contribution in [3.8, 4) is 11.8 Å². The van der Waals surface area contributed by atoms with Gasteiger partial charge in [0.25, 0.3) is 0 Å². The van der Waals surface area contributed by atoms with Crippen LogP contribution in [0, 0.1) is 18.8 Å². The number of fused-ring (bicyclic) bond motifs is 1. The molecule has 0 unspecified atom stereocenters. The number of carbonyl (C=O) groups excluding carboxylic acids is 1. The first kappa shape index (κ1) is 22.4. The molecular formula is C27H24N4O4. The number of carboxylic acid groups (broad SMARTS) is 1. The Labute approximate surface area is 202 Å². The summed E-state index contributed by atoms with van der Waals surface area (Å²) in [5, 5.41) is 13.5. The van der Waals surface area contributed by atoms with Crippen LogP contribution in [0.4, 0.5) is 5.69 Å². The molecule has 176 valence electrons. The van der Waals surface area contributed by atoms with Crippen LogP contribution in [0.5, 0.6) is 0 Å². The van der Waals surface area contributed by atoms with Gasteiger partial charge in [0.15, 0.2) is 11.3 Å². The van der Waals surface area contributed by atoms with E-state index in [-0.39, 0.29) is 11.6 Å². The molecular weight excluding hydrogens is 444 g/mol. The van der Waals surface area contributed by atoms with Crippen molar-refractivity contribution in [1.82, 2.24) is 14.9 Å². The summed E-state index contributed by atoms with van der Waals surface area (Å²) in [5.41, 5.74) is 3.25. The number of hydrogen-bond donors (Lipinski definition) is 3. The third kappa shape index (κ3) is 4.67. The van der Waals surface area contributed by atoms with Gasteiger partial charge in [-0.2, -0.15) is 0 Å². The van der Waals surface area contributed by atoms with Crippen molar-refractivity contribution in [3.05, 3.63) is 76.6 Å². The number of allylic oxidation sites excluding steroid dienone is 1. The number of aromatic amines is 1. The van der Waals surface area contributed by atoms with Crippen LogP contribution >= 0.6 is 0 Å². The Morgan fingerprint density at radius 1 is 1.31 bits per heavy atom. The maximum Gasteiger partial charge on any atom is 0.345 e. The average Bonchev–Trinajstić information content (AvgIpc) is 3.56. The average molecular weight is 469 g/mol. The smallest absolute Gasteiger partial charge is 0.345 e. The van der Waals surface area contributed by atoms with E-state index in [0.29, 0.717) is 16.9 Å². The number of carbonyl (C=O) groups is 2. The molecule has 0 bridgehead atoms. The van der Waals surface area contributed by atoms with E-state index in [4.69, 9.17) is 4.74 Å². The molecule has 0 aliphatic carbocycles. The van der Waals surface area contributed by atoms with Gasteiger partial charge >= 0.3 is 5.97 Å². The predicted octanol–water partition coefficient (Wildman–Crippen LogP) is 3.67. The fraction of sp³-hybridized carbons (Fsp3) is 0.222. The minimum absolute atomic E-state index is 0.0725. The zero-order chi connectivity index (χ0) is 24.4. The second-order valence-corrected chi connectivity index (χ2v) is 8.53. The lowest BCUT2D eigenvalue weighted by Crippen LogP contribution is -2.18. The van der Waals surface area contributed by atoms with Crippen LogP contribution in [0.15, 0.2) is 59.9 Å². The van der Waals surface area contributed by atoms with Crippen LogP contribution in [0.1, 0.15) is 29.5 Å². The number of Topliss-reactive ketones (excluding diaryl/α,β-unsaturated/α-hetero) is 1. The molecule has 0 radical (unpaired) electrons. The first-order chi connectivity index (χ1) is 17.0. The second kappa shape index (κ2) is 9.49. The Kier molecular flexibility index (Phi) is 6.08. The second-order valence-electron chi connectivity index (χ2n) is 8.53. The van der Waals surface area contributed by atoms with E-state index in [1.165, 1.54) is 18.9 Å². The molecule has 3 N–H and O–H groups in total. The Hall–Kier alpha value is -4.35. The van der Waals surface area contributed by atoms with Gasteiger partial charge in [-0.1, -0.05) is 11.8 Å². The molecule has 2 aromatic heterocycles. The first-order valence-corrected chi connectivity index (χ1v) is 11.4. The lowest BCUT2D eigenvalue weighted by molar-refractivity contribution is -0.134. The van der Waals surface area contributed by atoms with Crippen LogP contribution in [-0.2, 0) is 14.3 Å². The van der Waals surface area contributed by atoms with E-state index in [2.05, 4.69) is 32.0 Å². The Morgan fingerprint density at radius 2 is 2.14 bits per heavy atom. The zero-order valence-corrected chi connectivity index (χ0v) is 19.2. The minimum atomic E-state index is -1.36. The summed E-state index contributed by atoms with van der Waals surface area (Å²) in [6.45, 7) is 4.85. The zero-order valence-electron chi connectivity index (χ0n) is 19.2. The fourth-order valence-electron chi connectivity index (χ4n) is 4.25. The van der Waals surface area contributed by atoms with Crippen LogP contribution in [0.2, 0.25) is 0 Å². The molecule has 1 fully saturated rings. The number of nitrogens with zero attached hydrogens (tertiary/aromatic N) is 2. The summed E-state index contributed by atoms with van der Waals surface area (Å²) in [4.78, 5) is 34.3. The van der Waals surface area contributed by atoms with Gasteiger partial charge in [0.2, 0.25) is 11.7 Å². The van der Waals surface area contributed by atoms with Crippen molar-refractivity contribution in [2.45, 2.75) is 19.8 Å². The molecule has 0 spiro atoms. The monoisotopic (exact) mass is 468 g/mol. The third-order valence-corrected chi connectivity index (χ3v) is 6.08. The Balaban J connectivity index is 1.36. The summed E-state index contributed by atoms with van der Waals surface area (Å²) in [5.74, 6) is 4.17. The first-order valence-electron chi connectivity index (χ1n) is 11.4. The number of likely N-dealkylation sites (tertiary alicyclic amines) is 1. The van der Waals surface area contributed by atoms with Gasteiger partial charge in [0.05, 0.1) is 6.54 Å². The van der Waals surface area contributed by atoms with Crippen molar-refractivity contribution in [2.75, 3.05) is 25.0 Å². The number of anilines is 1. The predicted molar refractivity (Wildman–Crippen MR) is 132 cm³/mol.